The Morgan fingerprint density at radius 2 is 1.30 bits per heavy atom. The Labute approximate surface area is 165 Å². The van der Waals surface area contributed by atoms with E-state index in [2.05, 4.69) is 0 Å². The summed E-state index contributed by atoms with van der Waals surface area (Å²) in [6.45, 7) is 0.958. The minimum Gasteiger partial charge on any atom is -0.378 e. The molecule has 1 rings (SSSR count). The van der Waals surface area contributed by atoms with Crippen molar-refractivity contribution in [1.82, 2.24) is 0 Å². The molecule has 158 valence electrons. The number of carbonyl (C=O) groups is 1. The summed E-state index contributed by atoms with van der Waals surface area (Å²) in [7, 11) is 0. The Balaban J connectivity index is 1.73. The molecule has 0 bridgehead atoms. The summed E-state index contributed by atoms with van der Waals surface area (Å²) in [6, 6.07) is -0.996. The Morgan fingerprint density at radius 1 is 0.815 bits per heavy atom. The van der Waals surface area contributed by atoms with Gasteiger partial charge in [0.05, 0.1) is 6.10 Å². The molecule has 1 atom stereocenters. The van der Waals surface area contributed by atoms with Crippen LogP contribution in [-0.2, 0) is 9.53 Å². The van der Waals surface area contributed by atoms with Gasteiger partial charge in [0.15, 0.2) is 6.29 Å². The van der Waals surface area contributed by atoms with Crippen LogP contribution in [0.25, 0.3) is 0 Å². The average Bonchev–Trinajstić information content (AvgIpc) is 2.68. The molecule has 0 aliphatic heterocycles. The molecule has 0 spiro atoms. The van der Waals surface area contributed by atoms with Crippen molar-refractivity contribution in [3.63, 3.8) is 0 Å². The molecule has 0 aromatic rings. The van der Waals surface area contributed by atoms with Crippen molar-refractivity contribution in [2.75, 3.05) is 6.61 Å². The minimum atomic E-state index is -0.996. The summed E-state index contributed by atoms with van der Waals surface area (Å²) in [5.41, 5.74) is 0. The van der Waals surface area contributed by atoms with E-state index in [1.807, 2.05) is 0 Å². The Bertz CT molecular complexity index is 369. The molecule has 0 amide bonds. The highest BCUT2D eigenvalue weighted by molar-refractivity contribution is 5.55. The van der Waals surface area contributed by atoms with Crippen LogP contribution in [0.5, 0.6) is 0 Å². The van der Waals surface area contributed by atoms with E-state index in [0.717, 1.165) is 25.9 Å². The smallest absolute Gasteiger partial charge is 0.267 e. The van der Waals surface area contributed by atoms with Gasteiger partial charge in [0, 0.05) is 18.0 Å². The molecule has 1 aliphatic rings. The molecule has 0 aromatic carbocycles. The van der Waals surface area contributed by atoms with Crippen LogP contribution < -0.4 is 0 Å². The van der Waals surface area contributed by atoms with Crippen LogP contribution in [-0.4, -0.2) is 30.0 Å². The second kappa shape index (κ2) is 17.2. The predicted octanol–water partition coefficient (Wildman–Crippen LogP) is 6.25. The normalized spacial score (nSPS) is 16.3. The second-order valence-corrected chi connectivity index (χ2v) is 8.15. The summed E-state index contributed by atoms with van der Waals surface area (Å²) in [6.07, 6.45) is 22.6. The lowest BCUT2D eigenvalue weighted by Crippen LogP contribution is -2.20. The summed E-state index contributed by atoms with van der Waals surface area (Å²) in [5.74, 6) is 0. The van der Waals surface area contributed by atoms with Gasteiger partial charge in [-0.05, 0) is 25.7 Å². The summed E-state index contributed by atoms with van der Waals surface area (Å²) in [5, 5.41) is 10.5. The van der Waals surface area contributed by atoms with E-state index < -0.39 is 11.0 Å². The van der Waals surface area contributed by atoms with Gasteiger partial charge in [0.1, 0.15) is 0 Å². The van der Waals surface area contributed by atoms with E-state index in [9.17, 15) is 14.9 Å². The van der Waals surface area contributed by atoms with Crippen molar-refractivity contribution >= 4 is 6.29 Å². The Hall–Kier alpha value is -0.970. The number of nitrogens with zero attached hydrogens (tertiary/aromatic N) is 1. The van der Waals surface area contributed by atoms with Crippen LogP contribution in [0, 0.1) is 10.1 Å². The van der Waals surface area contributed by atoms with Gasteiger partial charge in [-0.3, -0.25) is 14.9 Å². The maximum Gasteiger partial charge on any atom is 0.267 e. The van der Waals surface area contributed by atoms with E-state index in [1.165, 1.54) is 89.9 Å². The van der Waals surface area contributed by atoms with Crippen LogP contribution in [0.2, 0.25) is 0 Å². The quantitative estimate of drug-likeness (QED) is 0.121. The van der Waals surface area contributed by atoms with Gasteiger partial charge in [-0.2, -0.15) is 0 Å². The van der Waals surface area contributed by atoms with Crippen LogP contribution >= 0.6 is 0 Å². The summed E-state index contributed by atoms with van der Waals surface area (Å²) in [4.78, 5) is 20.6. The Morgan fingerprint density at radius 3 is 1.78 bits per heavy atom. The lowest BCUT2D eigenvalue weighted by atomic mass is 9.98. The highest BCUT2D eigenvalue weighted by atomic mass is 16.6. The third kappa shape index (κ3) is 13.8. The van der Waals surface area contributed by atoms with E-state index in [1.54, 1.807) is 0 Å². The van der Waals surface area contributed by atoms with E-state index in [0.29, 0.717) is 18.8 Å². The fraction of sp³-hybridized carbons (Fsp3) is 0.955. The molecule has 1 saturated carbocycles. The molecular formula is C22H41NO4. The Kier molecular flexibility index (Phi) is 15.3. The monoisotopic (exact) mass is 383 g/mol. The number of unbranched alkanes of at least 4 members (excludes halogenated alkanes) is 11. The average molecular weight is 384 g/mol. The molecule has 5 nitrogen and oxygen atoms in total. The van der Waals surface area contributed by atoms with Crippen LogP contribution in [0.3, 0.4) is 0 Å². The summed E-state index contributed by atoms with van der Waals surface area (Å²) >= 11 is 0. The zero-order chi connectivity index (χ0) is 19.6. The molecule has 1 aliphatic carbocycles. The third-order valence-corrected chi connectivity index (χ3v) is 5.73. The van der Waals surface area contributed by atoms with Gasteiger partial charge < -0.3 is 4.74 Å². The minimum absolute atomic E-state index is 0.391. The molecule has 1 fully saturated rings. The van der Waals surface area contributed by atoms with Crippen LogP contribution in [0.4, 0.5) is 0 Å². The largest absolute Gasteiger partial charge is 0.378 e. The standard InChI is InChI=1S/C22H41NO4/c24-20-21(23(25)26)16-12-9-7-5-3-1-2-4-6-8-10-15-19-27-22-17-13-11-14-18-22/h20-22H,1-19H2. The van der Waals surface area contributed by atoms with Crippen LogP contribution in [0.15, 0.2) is 0 Å². The van der Waals surface area contributed by atoms with Crippen molar-refractivity contribution in [2.45, 2.75) is 128 Å². The summed E-state index contributed by atoms with van der Waals surface area (Å²) < 4.78 is 5.96. The number of ether oxygens (including phenoxy) is 1. The first-order valence-corrected chi connectivity index (χ1v) is 11.4. The zero-order valence-electron chi connectivity index (χ0n) is 17.2. The van der Waals surface area contributed by atoms with Gasteiger partial charge in [-0.1, -0.05) is 83.5 Å². The van der Waals surface area contributed by atoms with E-state index >= 15 is 0 Å². The first kappa shape index (κ1) is 24.1. The molecule has 0 radical (unpaired) electrons. The number of nitro groups is 1. The molecule has 0 heterocycles. The van der Waals surface area contributed by atoms with Crippen molar-refractivity contribution in [3.8, 4) is 0 Å². The molecule has 0 aromatic heterocycles. The molecule has 0 N–H and O–H groups in total. The first-order chi connectivity index (χ1) is 13.2. The van der Waals surface area contributed by atoms with Crippen molar-refractivity contribution in [3.05, 3.63) is 10.1 Å². The molecule has 5 heteroatoms. The molecular weight excluding hydrogens is 342 g/mol. The van der Waals surface area contributed by atoms with Crippen molar-refractivity contribution in [1.29, 1.82) is 0 Å². The van der Waals surface area contributed by atoms with E-state index in [-0.39, 0.29) is 0 Å². The fourth-order valence-electron chi connectivity index (χ4n) is 3.93. The van der Waals surface area contributed by atoms with Gasteiger partial charge >= 0.3 is 0 Å². The molecule has 1 unspecified atom stereocenters. The fourth-order valence-corrected chi connectivity index (χ4v) is 3.93. The lowest BCUT2D eigenvalue weighted by Gasteiger charge is -2.21. The maximum absolute atomic E-state index is 10.5. The zero-order valence-corrected chi connectivity index (χ0v) is 17.2. The third-order valence-electron chi connectivity index (χ3n) is 5.73. The van der Waals surface area contributed by atoms with Crippen LogP contribution in [0.1, 0.15) is 116 Å². The van der Waals surface area contributed by atoms with E-state index in [4.69, 9.17) is 4.74 Å². The highest BCUT2D eigenvalue weighted by Gasteiger charge is 2.17. The number of hydrogen-bond acceptors (Lipinski definition) is 4. The van der Waals surface area contributed by atoms with Crippen molar-refractivity contribution in [2.24, 2.45) is 0 Å². The topological polar surface area (TPSA) is 69.4 Å². The number of hydrogen-bond donors (Lipinski definition) is 0. The second-order valence-electron chi connectivity index (χ2n) is 8.15. The number of rotatable bonds is 18. The van der Waals surface area contributed by atoms with Gasteiger partial charge in [-0.15, -0.1) is 0 Å². The SMILES string of the molecule is O=CC(CCCCCCCCCCCCCCOC1CCCCC1)[N+](=O)[O-]. The predicted molar refractivity (Wildman–Crippen MR) is 110 cm³/mol. The highest BCUT2D eigenvalue weighted by Crippen LogP contribution is 2.20. The van der Waals surface area contributed by atoms with Gasteiger partial charge in [-0.25, -0.2) is 0 Å². The molecule has 0 saturated heterocycles. The maximum atomic E-state index is 10.5. The number of carbonyl (C=O) groups excluding carboxylic acids is 1. The van der Waals surface area contributed by atoms with Gasteiger partial charge in [0.25, 0.3) is 6.04 Å². The lowest BCUT2D eigenvalue weighted by molar-refractivity contribution is -0.506. The van der Waals surface area contributed by atoms with Gasteiger partial charge in [0.2, 0.25) is 0 Å². The first-order valence-electron chi connectivity index (χ1n) is 11.4. The number of aldehydes is 1. The van der Waals surface area contributed by atoms with Crippen molar-refractivity contribution < 1.29 is 14.5 Å². The molecule has 27 heavy (non-hydrogen) atoms.